The summed E-state index contributed by atoms with van der Waals surface area (Å²) in [7, 11) is 1.60. The molecule has 1 aliphatic rings. The number of hydrogen-bond acceptors (Lipinski definition) is 5. The number of fused-ring (bicyclic) bond motifs is 2. The predicted octanol–water partition coefficient (Wildman–Crippen LogP) is 5.78. The number of ether oxygens (including phenoxy) is 1. The molecule has 0 unspecified atom stereocenters. The Morgan fingerprint density at radius 2 is 1.56 bits per heavy atom. The zero-order chi connectivity index (χ0) is 30.7. The van der Waals surface area contributed by atoms with Crippen LogP contribution < -0.4 is 19.9 Å². The Bertz CT molecular complexity index is 1700. The largest absolute Gasteiger partial charge is 0.496 e. The molecule has 0 aromatic heterocycles. The lowest BCUT2D eigenvalue weighted by atomic mass is 10.0. The first kappa shape index (κ1) is 29.5. The zero-order valence-electron chi connectivity index (χ0n) is 24.8. The maximum absolute atomic E-state index is 14.4. The molecule has 0 saturated carbocycles. The summed E-state index contributed by atoms with van der Waals surface area (Å²) in [5, 5.41) is 4.88. The van der Waals surface area contributed by atoms with Crippen LogP contribution in [0.4, 0.5) is 11.4 Å². The number of hydrogen-bond donors (Lipinski definition) is 1. The quantitative estimate of drug-likeness (QED) is 0.268. The van der Waals surface area contributed by atoms with Crippen molar-refractivity contribution in [3.05, 3.63) is 102 Å². The van der Waals surface area contributed by atoms with E-state index in [2.05, 4.69) is 5.32 Å². The van der Waals surface area contributed by atoms with Gasteiger partial charge in [0.05, 0.1) is 31.6 Å². The number of amides is 3. The van der Waals surface area contributed by atoms with Crippen LogP contribution in [-0.4, -0.2) is 43.2 Å². The van der Waals surface area contributed by atoms with Crippen molar-refractivity contribution in [2.45, 2.75) is 39.8 Å². The minimum absolute atomic E-state index is 0.0610. The number of nitrogens with one attached hydrogen (secondary N) is 1. The number of nitrogens with zero attached hydrogens (tertiary/aromatic N) is 2. The third-order valence-electron chi connectivity index (χ3n) is 8.09. The summed E-state index contributed by atoms with van der Waals surface area (Å²) < 4.78 is 5.73. The molecule has 0 radical (unpaired) electrons. The van der Waals surface area contributed by atoms with Crippen LogP contribution in [0.5, 0.6) is 5.75 Å². The van der Waals surface area contributed by atoms with Crippen LogP contribution in [0, 0.1) is 5.92 Å². The van der Waals surface area contributed by atoms with Crippen LogP contribution in [0.3, 0.4) is 0 Å². The van der Waals surface area contributed by atoms with E-state index < -0.39 is 6.04 Å². The average molecular weight is 578 g/mol. The van der Waals surface area contributed by atoms with Gasteiger partial charge in [-0.25, -0.2) is 0 Å². The summed E-state index contributed by atoms with van der Waals surface area (Å²) in [5.41, 5.74) is 2.75. The Morgan fingerprint density at radius 3 is 2.23 bits per heavy atom. The molecule has 8 heteroatoms. The number of para-hydroxylation sites is 2. The molecule has 0 saturated heterocycles. The lowest BCUT2D eigenvalue weighted by Gasteiger charge is -2.27. The first-order valence-electron chi connectivity index (χ1n) is 14.4. The van der Waals surface area contributed by atoms with E-state index in [1.807, 2.05) is 68.4 Å². The smallest absolute Gasteiger partial charge is 0.258 e. The van der Waals surface area contributed by atoms with Crippen LogP contribution in [-0.2, 0) is 16.1 Å². The number of methoxy groups -OCH3 is 1. The SMILES string of the molecule is CC[C@@H](C)C(=O)N[C@H]1CN(C(=O)c2ccc(C(C)=O)cc2)c2ccccc2N(Cc2c(OC)ccc3ccccc23)C1=O. The van der Waals surface area contributed by atoms with Gasteiger partial charge in [0.15, 0.2) is 5.78 Å². The fraction of sp³-hybridized carbons (Fsp3) is 0.257. The number of Topliss-reactive ketones (excluding diaryl/α,β-unsaturated/α-hetero) is 1. The lowest BCUT2D eigenvalue weighted by molar-refractivity contribution is -0.129. The van der Waals surface area contributed by atoms with E-state index in [-0.39, 0.29) is 42.5 Å². The van der Waals surface area contributed by atoms with Crippen molar-refractivity contribution in [2.75, 3.05) is 23.5 Å². The van der Waals surface area contributed by atoms with Crippen LogP contribution in [0.2, 0.25) is 0 Å². The molecule has 1 N–H and O–H groups in total. The highest BCUT2D eigenvalue weighted by atomic mass is 16.5. The van der Waals surface area contributed by atoms with E-state index in [1.165, 1.54) is 11.8 Å². The van der Waals surface area contributed by atoms with E-state index >= 15 is 0 Å². The number of anilines is 2. The summed E-state index contributed by atoms with van der Waals surface area (Å²) in [4.78, 5) is 56.6. The molecule has 43 heavy (non-hydrogen) atoms. The second kappa shape index (κ2) is 12.5. The number of carbonyl (C=O) groups is 4. The monoisotopic (exact) mass is 577 g/mol. The molecule has 4 aromatic rings. The van der Waals surface area contributed by atoms with Crippen molar-refractivity contribution >= 4 is 45.7 Å². The molecular formula is C35H35N3O5. The highest BCUT2D eigenvalue weighted by Crippen LogP contribution is 2.37. The minimum atomic E-state index is -1.00. The van der Waals surface area contributed by atoms with Crippen LogP contribution in [0.15, 0.2) is 84.9 Å². The minimum Gasteiger partial charge on any atom is -0.496 e. The van der Waals surface area contributed by atoms with E-state index in [4.69, 9.17) is 4.74 Å². The van der Waals surface area contributed by atoms with E-state index in [1.54, 1.807) is 42.3 Å². The molecule has 0 aliphatic carbocycles. The van der Waals surface area contributed by atoms with Gasteiger partial charge in [-0.05, 0) is 54.4 Å². The molecular weight excluding hydrogens is 542 g/mol. The van der Waals surface area contributed by atoms with Gasteiger partial charge in [-0.15, -0.1) is 0 Å². The number of benzene rings is 4. The van der Waals surface area contributed by atoms with Crippen molar-refractivity contribution in [3.63, 3.8) is 0 Å². The molecule has 5 rings (SSSR count). The van der Waals surface area contributed by atoms with Gasteiger partial charge in [0.2, 0.25) is 5.91 Å². The van der Waals surface area contributed by atoms with Gasteiger partial charge in [-0.3, -0.25) is 19.2 Å². The predicted molar refractivity (Wildman–Crippen MR) is 168 cm³/mol. The number of rotatable bonds is 8. The molecule has 4 aromatic carbocycles. The maximum Gasteiger partial charge on any atom is 0.258 e. The van der Waals surface area contributed by atoms with E-state index in [0.717, 1.165) is 16.3 Å². The normalized spacial score (nSPS) is 15.4. The van der Waals surface area contributed by atoms with Crippen molar-refractivity contribution in [1.29, 1.82) is 0 Å². The fourth-order valence-corrected chi connectivity index (χ4v) is 5.38. The average Bonchev–Trinajstić information content (AvgIpc) is 3.14. The van der Waals surface area contributed by atoms with Gasteiger partial charge in [-0.1, -0.05) is 68.4 Å². The molecule has 0 spiro atoms. The standard InChI is InChI=1S/C35H35N3O5/c1-5-22(2)33(40)36-29-21-38(34(41)26-16-14-24(15-17-26)23(3)39)31-13-9-8-12-30(31)37(35(29)42)20-28-27-11-7-6-10-25(27)18-19-32(28)43-4/h6-19,22,29H,5,20-21H2,1-4H3,(H,36,40)/t22-,29+/m1/s1. The second-order valence-corrected chi connectivity index (χ2v) is 10.8. The van der Waals surface area contributed by atoms with E-state index in [9.17, 15) is 19.2 Å². The number of carbonyl (C=O) groups excluding carboxylic acids is 4. The Labute approximate surface area is 251 Å². The fourth-order valence-electron chi connectivity index (χ4n) is 5.38. The molecule has 8 nitrogen and oxygen atoms in total. The highest BCUT2D eigenvalue weighted by Gasteiger charge is 2.38. The first-order chi connectivity index (χ1) is 20.7. The molecule has 0 bridgehead atoms. The zero-order valence-corrected chi connectivity index (χ0v) is 24.8. The summed E-state index contributed by atoms with van der Waals surface area (Å²) in [6.07, 6.45) is 0.606. The van der Waals surface area contributed by atoms with Crippen molar-refractivity contribution in [1.82, 2.24) is 5.32 Å². The van der Waals surface area contributed by atoms with Crippen LogP contribution >= 0.6 is 0 Å². The molecule has 3 amide bonds. The Balaban J connectivity index is 1.63. The van der Waals surface area contributed by atoms with Crippen molar-refractivity contribution < 1.29 is 23.9 Å². The first-order valence-corrected chi connectivity index (χ1v) is 14.4. The Kier molecular flexibility index (Phi) is 8.57. The topological polar surface area (TPSA) is 96.0 Å². The molecule has 1 heterocycles. The lowest BCUT2D eigenvalue weighted by Crippen LogP contribution is -2.53. The third kappa shape index (κ3) is 5.86. The number of ketones is 1. The summed E-state index contributed by atoms with van der Waals surface area (Å²) in [6.45, 7) is 5.29. The highest BCUT2D eigenvalue weighted by molar-refractivity contribution is 6.13. The molecule has 220 valence electrons. The summed E-state index contributed by atoms with van der Waals surface area (Å²) in [5.74, 6) is -0.714. The Hall–Kier alpha value is -4.98. The van der Waals surface area contributed by atoms with Crippen LogP contribution in [0.1, 0.15) is 53.5 Å². The van der Waals surface area contributed by atoms with Gasteiger partial charge in [0.25, 0.3) is 11.8 Å². The molecule has 0 fully saturated rings. The van der Waals surface area contributed by atoms with Crippen molar-refractivity contribution in [2.24, 2.45) is 5.92 Å². The maximum atomic E-state index is 14.4. The summed E-state index contributed by atoms with van der Waals surface area (Å²) in [6, 6.07) is 24.4. The second-order valence-electron chi connectivity index (χ2n) is 10.8. The summed E-state index contributed by atoms with van der Waals surface area (Å²) >= 11 is 0. The van der Waals surface area contributed by atoms with Gasteiger partial charge in [-0.2, -0.15) is 0 Å². The van der Waals surface area contributed by atoms with Crippen molar-refractivity contribution in [3.8, 4) is 5.75 Å². The van der Waals surface area contributed by atoms with E-state index in [0.29, 0.717) is 34.7 Å². The van der Waals surface area contributed by atoms with Gasteiger partial charge >= 0.3 is 0 Å². The van der Waals surface area contributed by atoms with Crippen LogP contribution in [0.25, 0.3) is 10.8 Å². The molecule has 2 atom stereocenters. The van der Waals surface area contributed by atoms with Gasteiger partial charge in [0, 0.05) is 22.6 Å². The van der Waals surface area contributed by atoms with Gasteiger partial charge < -0.3 is 19.9 Å². The Morgan fingerprint density at radius 1 is 0.907 bits per heavy atom. The third-order valence-corrected chi connectivity index (χ3v) is 8.09. The van der Waals surface area contributed by atoms with Gasteiger partial charge in [0.1, 0.15) is 11.8 Å². The molecule has 1 aliphatic heterocycles.